The molecule has 0 unspecified atom stereocenters. The third-order valence-electron chi connectivity index (χ3n) is 5.55. The van der Waals surface area contributed by atoms with Crippen LogP contribution in [0.15, 0.2) is 41.5 Å². The number of para-hydroxylation sites is 1. The van der Waals surface area contributed by atoms with Gasteiger partial charge in [0.25, 0.3) is 0 Å². The second-order valence-electron chi connectivity index (χ2n) is 7.71. The summed E-state index contributed by atoms with van der Waals surface area (Å²) in [5, 5.41) is 16.8. The molecule has 1 aliphatic rings. The minimum absolute atomic E-state index is 0.621. The summed E-state index contributed by atoms with van der Waals surface area (Å²) in [6.07, 6.45) is 8.61. The van der Waals surface area contributed by atoms with Gasteiger partial charge < -0.3 is 15.2 Å². The average Bonchev–Trinajstić information content (AvgIpc) is 3.00. The number of aryl methyl sites for hydroxylation is 2. The molecule has 0 saturated heterocycles. The Morgan fingerprint density at radius 2 is 2.03 bits per heavy atom. The first-order valence-electron chi connectivity index (χ1n) is 11.1. The number of guanidine groups is 1. The van der Waals surface area contributed by atoms with Gasteiger partial charge in [0.05, 0.1) is 12.1 Å². The minimum atomic E-state index is 0.621. The molecule has 0 aliphatic carbocycles. The van der Waals surface area contributed by atoms with Crippen LogP contribution in [0.3, 0.4) is 0 Å². The Hall–Kier alpha value is -2.96. The van der Waals surface area contributed by atoms with Crippen molar-refractivity contribution in [3.63, 3.8) is 0 Å². The van der Waals surface area contributed by atoms with E-state index in [0.29, 0.717) is 6.54 Å². The molecule has 0 bridgehead atoms. The second-order valence-corrected chi connectivity index (χ2v) is 7.71. The molecule has 7 nitrogen and oxygen atoms in total. The van der Waals surface area contributed by atoms with E-state index in [2.05, 4.69) is 43.4 Å². The van der Waals surface area contributed by atoms with Gasteiger partial charge in [-0.3, -0.25) is 4.98 Å². The molecule has 0 spiro atoms. The molecule has 4 rings (SSSR count). The Bertz CT molecular complexity index is 987. The maximum absolute atomic E-state index is 4.78. The second kappa shape index (κ2) is 10.2. The van der Waals surface area contributed by atoms with Gasteiger partial charge in [-0.25, -0.2) is 4.99 Å². The van der Waals surface area contributed by atoms with Crippen LogP contribution in [0.1, 0.15) is 49.8 Å². The lowest BCUT2D eigenvalue weighted by atomic mass is 10.1. The third kappa shape index (κ3) is 4.96. The number of nitrogens with one attached hydrogen (secondary N) is 2. The van der Waals surface area contributed by atoms with E-state index in [4.69, 9.17) is 4.99 Å². The van der Waals surface area contributed by atoms with Crippen molar-refractivity contribution in [3.8, 4) is 0 Å². The normalized spacial score (nSPS) is 14.4. The SMILES string of the molecule is CCNC(=NCc1ccnc2ccccc12)NCCCc1nnc2n1CCCCC2. The van der Waals surface area contributed by atoms with Gasteiger partial charge in [0, 0.05) is 44.1 Å². The Labute approximate surface area is 178 Å². The average molecular weight is 406 g/mol. The van der Waals surface area contributed by atoms with E-state index in [0.717, 1.165) is 67.4 Å². The van der Waals surface area contributed by atoms with Gasteiger partial charge in [0.15, 0.2) is 5.96 Å². The standard InChI is InChI=1S/C23H31N7/c1-2-24-23(27-17-18-13-15-25-20-10-6-5-9-19(18)20)26-14-8-12-22-29-28-21-11-4-3-7-16-30(21)22/h5-6,9-10,13,15H,2-4,7-8,11-12,14,16-17H2,1H3,(H2,24,26,27). The number of hydrogen-bond acceptors (Lipinski definition) is 4. The van der Waals surface area contributed by atoms with E-state index in [-0.39, 0.29) is 0 Å². The van der Waals surface area contributed by atoms with Crippen LogP contribution in [-0.2, 0) is 25.9 Å². The highest BCUT2D eigenvalue weighted by Gasteiger charge is 2.14. The van der Waals surface area contributed by atoms with Crippen LogP contribution < -0.4 is 10.6 Å². The zero-order chi connectivity index (χ0) is 20.6. The van der Waals surface area contributed by atoms with Crippen LogP contribution in [0.25, 0.3) is 10.9 Å². The molecule has 0 fully saturated rings. The van der Waals surface area contributed by atoms with Gasteiger partial charge in [-0.05, 0) is 43.9 Å². The zero-order valence-electron chi connectivity index (χ0n) is 17.8. The Kier molecular flexibility index (Phi) is 6.90. The summed E-state index contributed by atoms with van der Waals surface area (Å²) < 4.78 is 2.33. The molecule has 7 heteroatoms. The van der Waals surface area contributed by atoms with Gasteiger partial charge in [0.2, 0.25) is 0 Å². The fourth-order valence-electron chi connectivity index (χ4n) is 3.98. The predicted molar refractivity (Wildman–Crippen MR) is 120 cm³/mol. The number of nitrogens with zero attached hydrogens (tertiary/aromatic N) is 5. The van der Waals surface area contributed by atoms with Crippen molar-refractivity contribution in [1.82, 2.24) is 30.4 Å². The van der Waals surface area contributed by atoms with Crippen molar-refractivity contribution in [2.75, 3.05) is 13.1 Å². The quantitative estimate of drug-likeness (QED) is 0.358. The van der Waals surface area contributed by atoms with E-state index in [1.807, 2.05) is 30.5 Å². The van der Waals surface area contributed by atoms with Crippen molar-refractivity contribution in [2.45, 2.75) is 58.5 Å². The Morgan fingerprint density at radius 1 is 1.10 bits per heavy atom. The molecule has 1 aliphatic heterocycles. The summed E-state index contributed by atoms with van der Waals surface area (Å²) in [5.41, 5.74) is 2.19. The van der Waals surface area contributed by atoms with Gasteiger partial charge in [-0.1, -0.05) is 24.6 Å². The number of aliphatic imine (C=N–C) groups is 1. The van der Waals surface area contributed by atoms with E-state index in [1.165, 1.54) is 24.8 Å². The highest BCUT2D eigenvalue weighted by molar-refractivity contribution is 5.83. The van der Waals surface area contributed by atoms with Crippen LogP contribution >= 0.6 is 0 Å². The molecule has 0 atom stereocenters. The molecule has 0 saturated carbocycles. The fourth-order valence-corrected chi connectivity index (χ4v) is 3.98. The van der Waals surface area contributed by atoms with Gasteiger partial charge in [-0.2, -0.15) is 0 Å². The zero-order valence-corrected chi connectivity index (χ0v) is 17.8. The molecule has 0 radical (unpaired) electrons. The lowest BCUT2D eigenvalue weighted by molar-refractivity contribution is 0.594. The summed E-state index contributed by atoms with van der Waals surface area (Å²) in [7, 11) is 0. The van der Waals surface area contributed by atoms with Crippen molar-refractivity contribution >= 4 is 16.9 Å². The smallest absolute Gasteiger partial charge is 0.191 e. The summed E-state index contributed by atoms with van der Waals surface area (Å²) >= 11 is 0. The topological polar surface area (TPSA) is 80.0 Å². The van der Waals surface area contributed by atoms with Crippen LogP contribution in [0.2, 0.25) is 0 Å². The maximum Gasteiger partial charge on any atom is 0.191 e. The summed E-state index contributed by atoms with van der Waals surface area (Å²) in [6.45, 7) is 5.46. The molecule has 158 valence electrons. The van der Waals surface area contributed by atoms with Crippen molar-refractivity contribution in [2.24, 2.45) is 4.99 Å². The molecule has 0 amide bonds. The van der Waals surface area contributed by atoms with E-state index >= 15 is 0 Å². The maximum atomic E-state index is 4.78. The largest absolute Gasteiger partial charge is 0.357 e. The Balaban J connectivity index is 1.33. The van der Waals surface area contributed by atoms with Crippen LogP contribution in [0.4, 0.5) is 0 Å². The first kappa shape index (κ1) is 20.3. The third-order valence-corrected chi connectivity index (χ3v) is 5.55. The van der Waals surface area contributed by atoms with E-state index in [9.17, 15) is 0 Å². The van der Waals surface area contributed by atoms with E-state index < -0.39 is 0 Å². The molecular weight excluding hydrogens is 374 g/mol. The predicted octanol–water partition coefficient (Wildman–Crippen LogP) is 3.24. The monoisotopic (exact) mass is 405 g/mol. The Morgan fingerprint density at radius 3 is 2.97 bits per heavy atom. The number of fused-ring (bicyclic) bond motifs is 2. The summed E-state index contributed by atoms with van der Waals surface area (Å²) in [5.74, 6) is 3.13. The van der Waals surface area contributed by atoms with Crippen LogP contribution in [0, 0.1) is 0 Å². The summed E-state index contributed by atoms with van der Waals surface area (Å²) in [6, 6.07) is 10.3. The molecule has 30 heavy (non-hydrogen) atoms. The molecular formula is C23H31N7. The number of pyridine rings is 1. The van der Waals surface area contributed by atoms with Crippen LogP contribution in [-0.4, -0.2) is 38.8 Å². The number of hydrogen-bond donors (Lipinski definition) is 2. The first-order chi connectivity index (χ1) is 14.8. The van der Waals surface area contributed by atoms with Crippen molar-refractivity contribution in [1.29, 1.82) is 0 Å². The minimum Gasteiger partial charge on any atom is -0.357 e. The number of rotatable bonds is 7. The highest BCUT2D eigenvalue weighted by atomic mass is 15.3. The highest BCUT2D eigenvalue weighted by Crippen LogP contribution is 2.17. The lowest BCUT2D eigenvalue weighted by Crippen LogP contribution is -2.37. The van der Waals surface area contributed by atoms with Gasteiger partial charge >= 0.3 is 0 Å². The lowest BCUT2D eigenvalue weighted by Gasteiger charge is -2.12. The molecule has 1 aromatic carbocycles. The van der Waals surface area contributed by atoms with Crippen LogP contribution in [0.5, 0.6) is 0 Å². The van der Waals surface area contributed by atoms with E-state index in [1.54, 1.807) is 0 Å². The fraction of sp³-hybridized carbons (Fsp3) is 0.478. The molecule has 3 heterocycles. The molecule has 2 N–H and O–H groups in total. The molecule has 3 aromatic rings. The van der Waals surface area contributed by atoms with Crippen molar-refractivity contribution < 1.29 is 0 Å². The first-order valence-corrected chi connectivity index (χ1v) is 11.1. The van der Waals surface area contributed by atoms with Gasteiger partial charge in [0.1, 0.15) is 11.6 Å². The summed E-state index contributed by atoms with van der Waals surface area (Å²) in [4.78, 5) is 9.22. The molecule has 2 aromatic heterocycles. The van der Waals surface area contributed by atoms with Gasteiger partial charge in [-0.15, -0.1) is 10.2 Å². The number of aromatic nitrogens is 4. The van der Waals surface area contributed by atoms with Crippen molar-refractivity contribution in [3.05, 3.63) is 53.7 Å². The number of benzene rings is 1.